The summed E-state index contributed by atoms with van der Waals surface area (Å²) < 4.78 is 0. The maximum atomic E-state index is 11.7. The molecule has 0 aromatic carbocycles. The van der Waals surface area contributed by atoms with Crippen LogP contribution in [0.1, 0.15) is 32.6 Å². The first-order valence-corrected chi connectivity index (χ1v) is 5.35. The molecule has 13 heavy (non-hydrogen) atoms. The van der Waals surface area contributed by atoms with E-state index < -0.39 is 5.60 Å². The van der Waals surface area contributed by atoms with E-state index in [-0.39, 0.29) is 0 Å². The number of carbonyl (C=O) groups is 1. The zero-order valence-electron chi connectivity index (χ0n) is 7.99. The van der Waals surface area contributed by atoms with Crippen LogP contribution in [0.3, 0.4) is 0 Å². The van der Waals surface area contributed by atoms with Crippen molar-refractivity contribution in [2.45, 2.75) is 38.2 Å². The van der Waals surface area contributed by atoms with Crippen molar-refractivity contribution in [3.63, 3.8) is 0 Å². The first-order valence-electron chi connectivity index (χ1n) is 5.35. The van der Waals surface area contributed by atoms with Crippen LogP contribution < -0.4 is 0 Å². The number of carbonyl (C=O) groups excluding carboxylic acids is 1. The first kappa shape index (κ1) is 7.98. The molecule has 0 unspecified atom stereocenters. The van der Waals surface area contributed by atoms with Crippen molar-refractivity contribution >= 4 is 5.78 Å². The molecule has 0 amide bonds. The van der Waals surface area contributed by atoms with E-state index in [9.17, 15) is 9.90 Å². The molecule has 0 aliphatic heterocycles. The summed E-state index contributed by atoms with van der Waals surface area (Å²) in [6.45, 7) is 1.98. The van der Waals surface area contributed by atoms with E-state index in [2.05, 4.69) is 0 Å². The average Bonchev–Trinajstić information content (AvgIpc) is 2.00. The van der Waals surface area contributed by atoms with Crippen LogP contribution in [-0.2, 0) is 4.79 Å². The molecule has 2 nitrogen and oxygen atoms in total. The number of rotatable bonds is 0. The Morgan fingerprint density at radius 3 is 1.92 bits per heavy atom. The van der Waals surface area contributed by atoms with Gasteiger partial charge in [0, 0.05) is 11.8 Å². The van der Waals surface area contributed by atoms with E-state index in [4.69, 9.17) is 0 Å². The van der Waals surface area contributed by atoms with Crippen LogP contribution in [0.5, 0.6) is 0 Å². The summed E-state index contributed by atoms with van der Waals surface area (Å²) in [5.74, 6) is 1.94. The molecule has 0 atom stereocenters. The van der Waals surface area contributed by atoms with Crippen LogP contribution in [0.25, 0.3) is 0 Å². The van der Waals surface area contributed by atoms with Gasteiger partial charge < -0.3 is 5.11 Å². The minimum Gasteiger partial charge on any atom is -0.390 e. The van der Waals surface area contributed by atoms with Gasteiger partial charge in [-0.2, -0.15) is 0 Å². The minimum atomic E-state index is -0.465. The second-order valence-corrected chi connectivity index (χ2v) is 5.36. The summed E-state index contributed by atoms with van der Waals surface area (Å²) in [4.78, 5) is 11.7. The van der Waals surface area contributed by atoms with Gasteiger partial charge in [0.1, 0.15) is 5.78 Å². The molecular weight excluding hydrogens is 164 g/mol. The second-order valence-electron chi connectivity index (χ2n) is 5.36. The Hall–Kier alpha value is -0.370. The normalized spacial score (nSPS) is 58.8. The monoisotopic (exact) mass is 180 g/mol. The average molecular weight is 180 g/mol. The molecule has 2 heteroatoms. The molecule has 0 aromatic rings. The van der Waals surface area contributed by atoms with Crippen molar-refractivity contribution in [3.05, 3.63) is 0 Å². The van der Waals surface area contributed by atoms with Gasteiger partial charge in [-0.25, -0.2) is 0 Å². The maximum Gasteiger partial charge on any atom is 0.139 e. The van der Waals surface area contributed by atoms with Crippen LogP contribution in [0.15, 0.2) is 0 Å². The predicted molar refractivity (Wildman–Crippen MR) is 48.1 cm³/mol. The summed E-state index contributed by atoms with van der Waals surface area (Å²) >= 11 is 0. The molecule has 0 heterocycles. The van der Waals surface area contributed by atoms with Crippen molar-refractivity contribution in [2.75, 3.05) is 0 Å². The number of ketones is 1. The number of hydrogen-bond acceptors (Lipinski definition) is 2. The number of Topliss-reactive ketones (excluding diaryl/α,β-unsaturated/α-hetero) is 1. The van der Waals surface area contributed by atoms with E-state index >= 15 is 0 Å². The molecule has 4 aliphatic rings. The zero-order valence-corrected chi connectivity index (χ0v) is 7.99. The molecule has 1 N–H and O–H groups in total. The second kappa shape index (κ2) is 2.17. The fourth-order valence-corrected chi connectivity index (χ4v) is 3.84. The molecule has 4 rings (SSSR count). The third kappa shape index (κ3) is 0.850. The Morgan fingerprint density at radius 1 is 1.15 bits per heavy atom. The van der Waals surface area contributed by atoms with E-state index in [0.717, 1.165) is 25.7 Å². The van der Waals surface area contributed by atoms with E-state index in [1.165, 1.54) is 0 Å². The lowest BCUT2D eigenvalue weighted by atomic mass is 9.50. The van der Waals surface area contributed by atoms with Crippen molar-refractivity contribution < 1.29 is 9.90 Å². The highest BCUT2D eigenvalue weighted by Gasteiger charge is 2.57. The Bertz CT molecular complexity index is 233. The van der Waals surface area contributed by atoms with Gasteiger partial charge in [0.25, 0.3) is 0 Å². The third-order valence-corrected chi connectivity index (χ3v) is 4.73. The van der Waals surface area contributed by atoms with E-state index in [1.54, 1.807) is 0 Å². The summed E-state index contributed by atoms with van der Waals surface area (Å²) in [6.07, 6.45) is 3.83. The van der Waals surface area contributed by atoms with Gasteiger partial charge in [-0.1, -0.05) is 0 Å². The van der Waals surface area contributed by atoms with Crippen LogP contribution in [0, 0.1) is 23.7 Å². The molecule has 4 saturated carbocycles. The predicted octanol–water partition coefficient (Wildman–Crippen LogP) is 1.37. The van der Waals surface area contributed by atoms with Crippen molar-refractivity contribution in [1.82, 2.24) is 0 Å². The molecule has 0 spiro atoms. The van der Waals surface area contributed by atoms with E-state index in [1.807, 2.05) is 6.92 Å². The maximum absolute atomic E-state index is 11.7. The van der Waals surface area contributed by atoms with Crippen LogP contribution in [-0.4, -0.2) is 16.5 Å². The highest BCUT2D eigenvalue weighted by Crippen LogP contribution is 2.56. The SMILES string of the molecule is CC1(O)C2CC3CC1CC(C2)C3=O. The quantitative estimate of drug-likeness (QED) is 0.611. The largest absolute Gasteiger partial charge is 0.390 e. The molecule has 72 valence electrons. The van der Waals surface area contributed by atoms with Crippen LogP contribution in [0.2, 0.25) is 0 Å². The Labute approximate surface area is 78.3 Å². The minimum absolute atomic E-state index is 0.308. The molecule has 4 aliphatic carbocycles. The summed E-state index contributed by atoms with van der Waals surface area (Å²) in [7, 11) is 0. The zero-order chi connectivity index (χ0) is 9.22. The smallest absolute Gasteiger partial charge is 0.139 e. The fourth-order valence-electron chi connectivity index (χ4n) is 3.84. The first-order chi connectivity index (χ1) is 6.09. The molecule has 0 aromatic heterocycles. The molecule has 4 fully saturated rings. The Kier molecular flexibility index (Phi) is 1.33. The van der Waals surface area contributed by atoms with Crippen molar-refractivity contribution in [2.24, 2.45) is 23.7 Å². The van der Waals surface area contributed by atoms with Crippen molar-refractivity contribution in [1.29, 1.82) is 0 Å². The number of hydrogen-bond donors (Lipinski definition) is 1. The van der Waals surface area contributed by atoms with Gasteiger partial charge in [-0.05, 0) is 44.4 Å². The molecule has 0 radical (unpaired) electrons. The molecule has 0 saturated heterocycles. The van der Waals surface area contributed by atoms with Gasteiger partial charge in [-0.3, -0.25) is 4.79 Å². The Morgan fingerprint density at radius 2 is 1.54 bits per heavy atom. The lowest BCUT2D eigenvalue weighted by Gasteiger charge is -2.56. The van der Waals surface area contributed by atoms with Gasteiger partial charge >= 0.3 is 0 Å². The lowest BCUT2D eigenvalue weighted by Crippen LogP contribution is -2.59. The van der Waals surface area contributed by atoms with Gasteiger partial charge in [0.15, 0.2) is 0 Å². The Balaban J connectivity index is 1.99. The van der Waals surface area contributed by atoms with Crippen molar-refractivity contribution in [3.8, 4) is 0 Å². The van der Waals surface area contributed by atoms with Crippen LogP contribution in [0.4, 0.5) is 0 Å². The third-order valence-electron chi connectivity index (χ3n) is 4.73. The summed E-state index contributed by atoms with van der Waals surface area (Å²) in [5, 5.41) is 10.3. The topological polar surface area (TPSA) is 37.3 Å². The fraction of sp³-hybridized carbons (Fsp3) is 0.909. The van der Waals surface area contributed by atoms with Gasteiger partial charge in [0.05, 0.1) is 5.60 Å². The highest BCUT2D eigenvalue weighted by atomic mass is 16.3. The standard InChI is InChI=1S/C11H16O2/c1-11(13)8-2-6-3-9(11)5-7(4-8)10(6)12/h6-9,13H,2-5H2,1H3. The van der Waals surface area contributed by atoms with Gasteiger partial charge in [0.2, 0.25) is 0 Å². The summed E-state index contributed by atoms with van der Waals surface area (Å²) in [6, 6.07) is 0. The molecular formula is C11H16O2. The summed E-state index contributed by atoms with van der Waals surface area (Å²) in [5.41, 5.74) is -0.465. The van der Waals surface area contributed by atoms with Crippen LogP contribution >= 0.6 is 0 Å². The van der Waals surface area contributed by atoms with E-state index in [0.29, 0.717) is 29.5 Å². The van der Waals surface area contributed by atoms with Gasteiger partial charge in [-0.15, -0.1) is 0 Å². The lowest BCUT2D eigenvalue weighted by molar-refractivity contribution is -0.174. The molecule has 4 bridgehead atoms. The highest BCUT2D eigenvalue weighted by molar-refractivity contribution is 5.85. The number of aliphatic hydroxyl groups is 1.